The lowest BCUT2D eigenvalue weighted by atomic mass is 9.99. The molecule has 2 heterocycles. The Hall–Kier alpha value is -0.660. The summed E-state index contributed by atoms with van der Waals surface area (Å²) in [6.45, 7) is 6.33. The van der Waals surface area contributed by atoms with Crippen LogP contribution in [0.3, 0.4) is 0 Å². The first-order chi connectivity index (χ1) is 11.5. The van der Waals surface area contributed by atoms with Gasteiger partial charge < -0.3 is 19.5 Å². The lowest BCUT2D eigenvalue weighted by Crippen LogP contribution is -2.41. The van der Waals surface area contributed by atoms with Crippen molar-refractivity contribution >= 4 is 33.7 Å². The van der Waals surface area contributed by atoms with Gasteiger partial charge in [0.15, 0.2) is 5.96 Å². The Morgan fingerprint density at radius 2 is 2.21 bits per heavy atom. The fourth-order valence-corrected chi connectivity index (χ4v) is 4.24. The Balaban J connectivity index is 2.07. The molecule has 1 aliphatic rings. The summed E-state index contributed by atoms with van der Waals surface area (Å²) >= 11 is 5.47. The van der Waals surface area contributed by atoms with Gasteiger partial charge in [0.2, 0.25) is 0 Å². The number of aromatic nitrogens is 1. The Labute approximate surface area is 158 Å². The molecule has 1 aliphatic heterocycles. The third-order valence-corrected chi connectivity index (χ3v) is 6.36. The topological polar surface area (TPSA) is 41.8 Å². The number of ether oxygens (including phenoxy) is 1. The van der Waals surface area contributed by atoms with Crippen molar-refractivity contribution in [1.29, 1.82) is 0 Å². The van der Waals surface area contributed by atoms with Gasteiger partial charge in [-0.3, -0.25) is 4.99 Å². The summed E-state index contributed by atoms with van der Waals surface area (Å²) < 4.78 is 9.00. The van der Waals surface area contributed by atoms with Crippen molar-refractivity contribution in [3.05, 3.63) is 22.4 Å². The van der Waals surface area contributed by atoms with Crippen molar-refractivity contribution in [2.75, 3.05) is 39.6 Å². The van der Waals surface area contributed by atoms with Crippen LogP contribution in [0.15, 0.2) is 21.7 Å². The van der Waals surface area contributed by atoms with E-state index in [1.165, 1.54) is 5.69 Å². The number of nitrogens with one attached hydrogen (secondary N) is 1. The zero-order chi connectivity index (χ0) is 17.6. The van der Waals surface area contributed by atoms with Crippen LogP contribution in [-0.2, 0) is 18.3 Å². The molecular formula is C17H29BrN4OS. The molecule has 0 saturated carbocycles. The maximum Gasteiger partial charge on any atom is 0.194 e. The monoisotopic (exact) mass is 416 g/mol. The van der Waals surface area contributed by atoms with Crippen molar-refractivity contribution in [2.45, 2.75) is 31.1 Å². The van der Waals surface area contributed by atoms with Gasteiger partial charge in [0.1, 0.15) is 0 Å². The van der Waals surface area contributed by atoms with Gasteiger partial charge >= 0.3 is 0 Å². The Morgan fingerprint density at radius 1 is 1.50 bits per heavy atom. The average Bonchev–Trinajstić information content (AvgIpc) is 2.89. The Morgan fingerprint density at radius 3 is 2.75 bits per heavy atom. The van der Waals surface area contributed by atoms with Crippen LogP contribution in [0.4, 0.5) is 0 Å². The zero-order valence-corrected chi connectivity index (χ0v) is 17.5. The third-order valence-electron chi connectivity index (χ3n) is 4.52. The highest BCUT2D eigenvalue weighted by atomic mass is 79.9. The minimum absolute atomic E-state index is 0.216. The third kappa shape index (κ3) is 5.17. The van der Waals surface area contributed by atoms with Gasteiger partial charge in [0.05, 0.1) is 13.1 Å². The second kappa shape index (κ2) is 9.15. The van der Waals surface area contributed by atoms with Crippen LogP contribution in [0, 0.1) is 0 Å². The van der Waals surface area contributed by atoms with E-state index < -0.39 is 0 Å². The zero-order valence-electron chi connectivity index (χ0n) is 15.1. The quantitative estimate of drug-likeness (QED) is 0.571. The molecule has 0 unspecified atom stereocenters. The number of aryl methyl sites for hydroxylation is 1. The summed E-state index contributed by atoms with van der Waals surface area (Å²) in [6, 6.07) is 2.15. The van der Waals surface area contributed by atoms with Gasteiger partial charge in [-0.25, -0.2) is 0 Å². The molecule has 1 saturated heterocycles. The summed E-state index contributed by atoms with van der Waals surface area (Å²) in [5.74, 6) is 0.967. The van der Waals surface area contributed by atoms with Crippen LogP contribution in [0.25, 0.3) is 0 Å². The van der Waals surface area contributed by atoms with Gasteiger partial charge in [0.25, 0.3) is 0 Å². The molecule has 1 fully saturated rings. The second-order valence-electron chi connectivity index (χ2n) is 6.29. The molecule has 0 aliphatic carbocycles. The minimum Gasteiger partial charge on any atom is -0.381 e. The van der Waals surface area contributed by atoms with Crippen LogP contribution >= 0.6 is 27.7 Å². The second-order valence-corrected chi connectivity index (χ2v) is 8.48. The number of hydrogen-bond donors (Lipinski definition) is 1. The van der Waals surface area contributed by atoms with Crippen molar-refractivity contribution < 1.29 is 4.74 Å². The SMILES string of the molecule is CCNC(=NCC1(SC)CCOCC1)N(C)Cc1cc(Br)cn1C. The van der Waals surface area contributed by atoms with Crippen molar-refractivity contribution in [1.82, 2.24) is 14.8 Å². The molecular weight excluding hydrogens is 388 g/mol. The summed E-state index contributed by atoms with van der Waals surface area (Å²) in [4.78, 5) is 7.14. The number of thioether (sulfide) groups is 1. The molecule has 0 aromatic carbocycles. The highest BCUT2D eigenvalue weighted by Gasteiger charge is 2.31. The van der Waals surface area contributed by atoms with Gasteiger partial charge in [-0.15, -0.1) is 0 Å². The molecule has 24 heavy (non-hydrogen) atoms. The number of guanidine groups is 1. The number of nitrogens with zero attached hydrogens (tertiary/aromatic N) is 3. The molecule has 1 aromatic rings. The molecule has 1 aromatic heterocycles. The van der Waals surface area contributed by atoms with Crippen LogP contribution in [0.2, 0.25) is 0 Å². The maximum atomic E-state index is 5.53. The van der Waals surface area contributed by atoms with E-state index >= 15 is 0 Å². The molecule has 2 rings (SSSR count). The van der Waals surface area contributed by atoms with Crippen LogP contribution < -0.4 is 5.32 Å². The van der Waals surface area contributed by atoms with Crippen molar-refractivity contribution in [3.8, 4) is 0 Å². The first kappa shape index (κ1) is 19.7. The summed E-state index contributed by atoms with van der Waals surface area (Å²) in [5, 5.41) is 3.42. The van der Waals surface area contributed by atoms with Gasteiger partial charge in [-0.1, -0.05) is 0 Å². The molecule has 5 nitrogen and oxygen atoms in total. The molecule has 1 N–H and O–H groups in total. The maximum absolute atomic E-state index is 5.53. The van der Waals surface area contributed by atoms with Crippen LogP contribution in [0.5, 0.6) is 0 Å². The number of aliphatic imine (C=N–C) groups is 1. The normalized spacial score (nSPS) is 17.8. The van der Waals surface area contributed by atoms with Gasteiger partial charge in [-0.2, -0.15) is 11.8 Å². The first-order valence-electron chi connectivity index (χ1n) is 8.43. The fourth-order valence-electron chi connectivity index (χ4n) is 2.90. The highest BCUT2D eigenvalue weighted by Crippen LogP contribution is 2.34. The van der Waals surface area contributed by atoms with E-state index in [0.717, 1.165) is 56.1 Å². The van der Waals surface area contributed by atoms with Crippen LogP contribution in [-0.4, -0.2) is 59.8 Å². The minimum atomic E-state index is 0.216. The number of rotatable bonds is 6. The van der Waals surface area contributed by atoms with Crippen LogP contribution in [0.1, 0.15) is 25.5 Å². The van der Waals surface area contributed by atoms with Gasteiger partial charge in [0, 0.05) is 55.0 Å². The van der Waals surface area contributed by atoms with Gasteiger partial charge in [-0.05, 0) is 48.0 Å². The lowest BCUT2D eigenvalue weighted by Gasteiger charge is -2.34. The van der Waals surface area contributed by atoms with E-state index in [1.807, 2.05) is 11.8 Å². The van der Waals surface area contributed by atoms with E-state index in [-0.39, 0.29) is 4.75 Å². The highest BCUT2D eigenvalue weighted by molar-refractivity contribution is 9.10. The van der Waals surface area contributed by atoms with Crippen molar-refractivity contribution in [2.24, 2.45) is 12.0 Å². The number of halogens is 1. The molecule has 0 atom stereocenters. The molecule has 0 bridgehead atoms. The standard InChI is InChI=1S/C17H29BrN4OS/c1-5-19-16(20-13-17(24-4)6-8-23-9-7-17)22(3)12-15-10-14(18)11-21(15)2/h10-11H,5-9,12-13H2,1-4H3,(H,19,20). The molecule has 0 radical (unpaired) electrons. The Kier molecular flexibility index (Phi) is 7.50. The molecule has 0 amide bonds. The van der Waals surface area contributed by atoms with E-state index in [0.29, 0.717) is 0 Å². The first-order valence-corrected chi connectivity index (χ1v) is 10.4. The largest absolute Gasteiger partial charge is 0.381 e. The summed E-state index contributed by atoms with van der Waals surface area (Å²) in [6.07, 6.45) is 6.42. The summed E-state index contributed by atoms with van der Waals surface area (Å²) in [5.41, 5.74) is 1.25. The smallest absolute Gasteiger partial charge is 0.194 e. The lowest BCUT2D eigenvalue weighted by molar-refractivity contribution is 0.0793. The summed E-state index contributed by atoms with van der Waals surface area (Å²) in [7, 11) is 4.17. The van der Waals surface area contributed by atoms with E-state index in [2.05, 4.69) is 70.3 Å². The average molecular weight is 417 g/mol. The predicted molar refractivity (Wildman–Crippen MR) is 107 cm³/mol. The van der Waals surface area contributed by atoms with Crippen molar-refractivity contribution in [3.63, 3.8) is 0 Å². The van der Waals surface area contributed by atoms with E-state index in [4.69, 9.17) is 9.73 Å². The predicted octanol–water partition coefficient (Wildman–Crippen LogP) is 3.10. The fraction of sp³-hybridized carbons (Fsp3) is 0.706. The van der Waals surface area contributed by atoms with E-state index in [1.54, 1.807) is 0 Å². The number of hydrogen-bond acceptors (Lipinski definition) is 3. The molecule has 136 valence electrons. The Bertz CT molecular complexity index is 555. The molecule has 7 heteroatoms. The molecule has 0 spiro atoms. The van der Waals surface area contributed by atoms with E-state index in [9.17, 15) is 0 Å².